The number of carbonyl (C=O) groups is 2. The summed E-state index contributed by atoms with van der Waals surface area (Å²) in [5, 5.41) is 1.35. The molecule has 1 heterocycles. The highest BCUT2D eigenvalue weighted by Gasteiger charge is 2.42. The highest BCUT2D eigenvalue weighted by Crippen LogP contribution is 2.37. The Morgan fingerprint density at radius 1 is 1.08 bits per heavy atom. The van der Waals surface area contributed by atoms with Crippen molar-refractivity contribution in [1.29, 1.82) is 0 Å². The van der Waals surface area contributed by atoms with E-state index in [2.05, 4.69) is 0 Å². The van der Waals surface area contributed by atoms with Crippen LogP contribution in [-0.2, 0) is 19.9 Å². The molecule has 1 amide bonds. The van der Waals surface area contributed by atoms with Gasteiger partial charge in [-0.25, -0.2) is 0 Å². The van der Waals surface area contributed by atoms with Gasteiger partial charge in [-0.2, -0.15) is 0 Å². The molecule has 2 aromatic carbocycles. The van der Waals surface area contributed by atoms with E-state index < -0.39 is 5.60 Å². The predicted molar refractivity (Wildman–Crippen MR) is 98.6 cm³/mol. The van der Waals surface area contributed by atoms with E-state index in [1.54, 1.807) is 47.4 Å². The third kappa shape index (κ3) is 3.67. The van der Waals surface area contributed by atoms with Crippen molar-refractivity contribution in [3.05, 3.63) is 63.1 Å². The van der Waals surface area contributed by atoms with E-state index >= 15 is 0 Å². The van der Waals surface area contributed by atoms with Crippen LogP contribution in [0, 0.1) is 0 Å². The van der Waals surface area contributed by atoms with E-state index in [4.69, 9.17) is 39.5 Å². The molecular formula is C18H14Cl3NO3. The van der Waals surface area contributed by atoms with Crippen LogP contribution in [0.25, 0.3) is 0 Å². The Balaban J connectivity index is 2.01. The fourth-order valence-corrected chi connectivity index (χ4v) is 3.28. The monoisotopic (exact) mass is 397 g/mol. The number of ether oxygens (including phenoxy) is 1. The molecule has 0 spiro atoms. The molecule has 2 aromatic rings. The van der Waals surface area contributed by atoms with Crippen molar-refractivity contribution in [1.82, 2.24) is 0 Å². The molecule has 130 valence electrons. The van der Waals surface area contributed by atoms with Gasteiger partial charge in [-0.1, -0.05) is 40.9 Å². The Morgan fingerprint density at radius 3 is 2.44 bits per heavy atom. The minimum absolute atomic E-state index is 0.0856. The Bertz CT molecular complexity index is 810. The van der Waals surface area contributed by atoms with Gasteiger partial charge in [0, 0.05) is 17.1 Å². The molecule has 7 heteroatoms. The Labute approximate surface area is 160 Å². The number of halogens is 3. The summed E-state index contributed by atoms with van der Waals surface area (Å²) in [5.41, 5.74) is 0.400. The molecule has 1 fully saturated rings. The number of hydrogen-bond donors (Lipinski definition) is 0. The summed E-state index contributed by atoms with van der Waals surface area (Å²) in [4.78, 5) is 25.3. The Kier molecular flexibility index (Phi) is 5.35. The predicted octanol–water partition coefficient (Wildman–Crippen LogP) is 4.49. The maximum Gasteiger partial charge on any atom is 0.253 e. The zero-order valence-corrected chi connectivity index (χ0v) is 15.3. The molecule has 1 aliphatic heterocycles. The van der Waals surface area contributed by atoms with Crippen LogP contribution in [0.4, 0.5) is 5.69 Å². The van der Waals surface area contributed by atoms with Crippen LogP contribution >= 0.6 is 34.8 Å². The largest absolute Gasteiger partial charge is 0.358 e. The summed E-state index contributed by atoms with van der Waals surface area (Å²) in [6.07, 6.45) is 0.862. The smallest absolute Gasteiger partial charge is 0.253 e. The van der Waals surface area contributed by atoms with E-state index in [-0.39, 0.29) is 25.5 Å². The van der Waals surface area contributed by atoms with Gasteiger partial charge in [0.05, 0.1) is 16.6 Å². The van der Waals surface area contributed by atoms with Crippen molar-refractivity contribution in [2.75, 3.05) is 18.1 Å². The van der Waals surface area contributed by atoms with Crippen LogP contribution in [0.2, 0.25) is 15.1 Å². The molecule has 25 heavy (non-hydrogen) atoms. The molecule has 3 rings (SSSR count). The molecule has 4 nitrogen and oxygen atoms in total. The second-order valence-corrected chi connectivity index (χ2v) is 6.99. The average molecular weight is 399 g/mol. The van der Waals surface area contributed by atoms with E-state index in [1.807, 2.05) is 0 Å². The minimum atomic E-state index is -0.983. The first-order chi connectivity index (χ1) is 11.9. The zero-order valence-electron chi connectivity index (χ0n) is 13.0. The molecule has 1 atom stereocenters. The van der Waals surface area contributed by atoms with Gasteiger partial charge in [-0.15, -0.1) is 0 Å². The molecule has 0 aliphatic carbocycles. The number of amides is 1. The number of carbonyl (C=O) groups excluding carboxylic acids is 2. The van der Waals surface area contributed by atoms with Crippen LogP contribution in [0.1, 0.15) is 12.0 Å². The summed E-state index contributed by atoms with van der Waals surface area (Å²) < 4.78 is 5.82. The first-order valence-corrected chi connectivity index (χ1v) is 8.68. The van der Waals surface area contributed by atoms with E-state index in [1.165, 1.54) is 0 Å². The maximum atomic E-state index is 12.4. The molecule has 0 radical (unpaired) electrons. The van der Waals surface area contributed by atoms with Crippen LogP contribution in [0.3, 0.4) is 0 Å². The van der Waals surface area contributed by atoms with Gasteiger partial charge >= 0.3 is 0 Å². The lowest BCUT2D eigenvalue weighted by Crippen LogP contribution is -2.53. The number of benzene rings is 2. The van der Waals surface area contributed by atoms with Gasteiger partial charge < -0.3 is 14.4 Å². The van der Waals surface area contributed by atoms with Crippen LogP contribution < -0.4 is 4.90 Å². The van der Waals surface area contributed by atoms with Crippen molar-refractivity contribution in [2.24, 2.45) is 0 Å². The van der Waals surface area contributed by atoms with Crippen LogP contribution in [0.15, 0.2) is 42.5 Å². The highest BCUT2D eigenvalue weighted by atomic mass is 35.5. The summed E-state index contributed by atoms with van der Waals surface area (Å²) >= 11 is 18.0. The SMILES string of the molecule is O=CCC1(c2ccc(Cl)c(Cl)c2)CN(c2ccc(Cl)cc2)C(=O)CO1. The topological polar surface area (TPSA) is 46.6 Å². The van der Waals surface area contributed by atoms with Crippen molar-refractivity contribution >= 4 is 52.7 Å². The third-order valence-corrected chi connectivity index (χ3v) is 5.17. The van der Waals surface area contributed by atoms with E-state index in [9.17, 15) is 9.59 Å². The molecule has 0 aromatic heterocycles. The lowest BCUT2D eigenvalue weighted by atomic mass is 9.88. The standard InChI is InChI=1S/C18H14Cl3NO3/c19-13-2-4-14(5-3-13)22-11-18(7-8-23,25-10-17(22)24)12-1-6-15(20)16(21)9-12/h1-6,8-9H,7,10-11H2. The number of anilines is 1. The lowest BCUT2D eigenvalue weighted by Gasteiger charge is -2.42. The van der Waals surface area contributed by atoms with Crippen LogP contribution in [-0.4, -0.2) is 25.3 Å². The van der Waals surface area contributed by atoms with Gasteiger partial charge in [-0.3, -0.25) is 4.79 Å². The molecular weight excluding hydrogens is 385 g/mol. The summed E-state index contributed by atoms with van der Waals surface area (Å²) in [6.45, 7) is 0.0425. The molecule has 1 unspecified atom stereocenters. The first-order valence-electron chi connectivity index (χ1n) is 7.54. The van der Waals surface area contributed by atoms with Gasteiger partial charge in [0.25, 0.3) is 5.91 Å². The second kappa shape index (κ2) is 7.34. The van der Waals surface area contributed by atoms with Crippen molar-refractivity contribution in [2.45, 2.75) is 12.0 Å². The van der Waals surface area contributed by atoms with Crippen LogP contribution in [0.5, 0.6) is 0 Å². The fourth-order valence-electron chi connectivity index (χ4n) is 2.85. The molecule has 0 bridgehead atoms. The maximum absolute atomic E-state index is 12.4. The second-order valence-electron chi connectivity index (χ2n) is 5.74. The summed E-state index contributed by atoms with van der Waals surface area (Å²) in [7, 11) is 0. The van der Waals surface area contributed by atoms with Crippen molar-refractivity contribution in [3.63, 3.8) is 0 Å². The number of aldehydes is 1. The highest BCUT2D eigenvalue weighted by molar-refractivity contribution is 6.42. The minimum Gasteiger partial charge on any atom is -0.358 e. The number of hydrogen-bond acceptors (Lipinski definition) is 3. The van der Waals surface area contributed by atoms with Gasteiger partial charge in [0.1, 0.15) is 18.5 Å². The zero-order chi connectivity index (χ0) is 18.0. The van der Waals surface area contributed by atoms with E-state index in [0.717, 1.165) is 6.29 Å². The molecule has 0 N–H and O–H groups in total. The molecule has 1 aliphatic rings. The average Bonchev–Trinajstić information content (AvgIpc) is 2.60. The fraction of sp³-hybridized carbons (Fsp3) is 0.222. The number of morpholine rings is 1. The quantitative estimate of drug-likeness (QED) is 0.713. The third-order valence-electron chi connectivity index (χ3n) is 4.18. The van der Waals surface area contributed by atoms with Crippen molar-refractivity contribution < 1.29 is 14.3 Å². The lowest BCUT2D eigenvalue weighted by molar-refractivity contribution is -0.143. The summed E-state index contributed by atoms with van der Waals surface area (Å²) in [6, 6.07) is 12.0. The normalized spacial score (nSPS) is 20.6. The van der Waals surface area contributed by atoms with Gasteiger partial charge in [-0.05, 0) is 42.0 Å². The number of nitrogens with zero attached hydrogens (tertiary/aromatic N) is 1. The Hall–Kier alpha value is -1.59. The first kappa shape index (κ1) is 18.2. The number of rotatable bonds is 4. The van der Waals surface area contributed by atoms with E-state index in [0.29, 0.717) is 26.3 Å². The summed E-state index contributed by atoms with van der Waals surface area (Å²) in [5.74, 6) is -0.191. The van der Waals surface area contributed by atoms with Gasteiger partial charge in [0.2, 0.25) is 0 Å². The van der Waals surface area contributed by atoms with Crippen molar-refractivity contribution in [3.8, 4) is 0 Å². The molecule has 0 saturated carbocycles. The van der Waals surface area contributed by atoms with Gasteiger partial charge in [0.15, 0.2) is 0 Å². The molecule has 1 saturated heterocycles. The Morgan fingerprint density at radius 2 is 1.80 bits per heavy atom.